The van der Waals surface area contributed by atoms with E-state index in [0.717, 1.165) is 16.4 Å². The molecule has 2 aromatic rings. The van der Waals surface area contributed by atoms with Crippen LogP contribution in [0, 0.1) is 0 Å². The minimum Gasteiger partial charge on any atom is -0.543 e. The molecule has 4 rings (SSSR count). The molecule has 2 aliphatic rings. The van der Waals surface area contributed by atoms with Crippen molar-refractivity contribution in [1.29, 1.82) is 0 Å². The maximum Gasteiger partial charge on any atom is 0.336 e. The molecule has 0 aliphatic carbocycles. The second-order valence-electron chi connectivity index (χ2n) is 7.24. The number of aromatic nitrogens is 3. The summed E-state index contributed by atoms with van der Waals surface area (Å²) in [7, 11) is 1.22. The van der Waals surface area contributed by atoms with Crippen molar-refractivity contribution in [3.05, 3.63) is 47.2 Å². The first-order chi connectivity index (χ1) is 16.7. The summed E-state index contributed by atoms with van der Waals surface area (Å²) in [5.74, 6) is -3.88. The van der Waals surface area contributed by atoms with Crippen LogP contribution >= 0.6 is 23.3 Å². The third-order valence-electron chi connectivity index (χ3n) is 5.09. The maximum absolute atomic E-state index is 12.9. The van der Waals surface area contributed by atoms with Crippen molar-refractivity contribution in [3.63, 3.8) is 0 Å². The quantitative estimate of drug-likeness (QED) is 0.145. The highest BCUT2D eigenvalue weighted by molar-refractivity contribution is 8.00. The summed E-state index contributed by atoms with van der Waals surface area (Å²) < 4.78 is 5.51. The molecule has 16 heteroatoms. The highest BCUT2D eigenvalue weighted by Crippen LogP contribution is 2.40. The molecule has 14 nitrogen and oxygen atoms in total. The van der Waals surface area contributed by atoms with E-state index in [1.807, 2.05) is 0 Å². The van der Waals surface area contributed by atoms with Crippen molar-refractivity contribution in [2.45, 2.75) is 18.0 Å². The van der Waals surface area contributed by atoms with E-state index in [4.69, 9.17) is 10.8 Å². The average Bonchev–Trinajstić information content (AvgIpc) is 3.26. The lowest BCUT2D eigenvalue weighted by Gasteiger charge is -2.50. The molecule has 1 fully saturated rings. The molecule has 2 aromatic heterocycles. The number of oxime groups is 1. The van der Waals surface area contributed by atoms with Crippen LogP contribution < -0.4 is 20.7 Å². The highest BCUT2D eigenvalue weighted by Gasteiger charge is 2.53. The van der Waals surface area contributed by atoms with Gasteiger partial charge in [-0.1, -0.05) is 5.16 Å². The van der Waals surface area contributed by atoms with Gasteiger partial charge in [0.05, 0.1) is 17.2 Å². The number of fused-ring (bicyclic) bond motifs is 1. The smallest absolute Gasteiger partial charge is 0.336 e. The Balaban J connectivity index is 1.52. The van der Waals surface area contributed by atoms with E-state index >= 15 is 0 Å². The number of carbonyl (C=O) groups excluding carboxylic acids is 3. The summed E-state index contributed by atoms with van der Waals surface area (Å²) in [5, 5.41) is 26.5. The summed E-state index contributed by atoms with van der Waals surface area (Å²) in [6.07, 6.45) is 2.99. The summed E-state index contributed by atoms with van der Waals surface area (Å²) >= 11 is 2.11. The number of carbonyl (C=O) groups is 4. The Hall–Kier alpha value is -4.05. The summed E-state index contributed by atoms with van der Waals surface area (Å²) in [5.41, 5.74) is 5.47. The Morgan fingerprint density at radius 1 is 1.40 bits per heavy atom. The van der Waals surface area contributed by atoms with Gasteiger partial charge in [-0.25, -0.2) is 9.36 Å². The fourth-order valence-corrected chi connectivity index (χ4v) is 5.30. The van der Waals surface area contributed by atoms with Crippen molar-refractivity contribution in [3.8, 4) is 0 Å². The van der Waals surface area contributed by atoms with Gasteiger partial charge in [-0.05, 0) is 0 Å². The normalized spacial score (nSPS) is 19.6. The SMILES string of the molecule is CO/N=C(\C(=O)N[C@@H]1C(=O)N2C(C(=O)[O-])=C(C[n+]3ccc(C(=O)O)cc3)CS[C@@H]12)c1nsc(N)n1. The van der Waals surface area contributed by atoms with Gasteiger partial charge in [0.1, 0.15) is 18.5 Å². The predicted molar refractivity (Wildman–Crippen MR) is 119 cm³/mol. The van der Waals surface area contributed by atoms with E-state index in [1.54, 1.807) is 4.57 Å². The van der Waals surface area contributed by atoms with Crippen LogP contribution in [0.3, 0.4) is 0 Å². The fraction of sp³-hybridized carbons (Fsp3) is 0.263. The van der Waals surface area contributed by atoms with Crippen LogP contribution in [-0.4, -0.2) is 73.1 Å². The molecular weight excluding hydrogens is 502 g/mol. The molecule has 1 saturated heterocycles. The third kappa shape index (κ3) is 4.65. The first-order valence-electron chi connectivity index (χ1n) is 9.83. The van der Waals surface area contributed by atoms with Gasteiger partial charge in [0.15, 0.2) is 24.1 Å². The molecule has 0 aromatic carbocycles. The molecule has 2 amide bonds. The third-order valence-corrected chi connectivity index (χ3v) is 6.97. The van der Waals surface area contributed by atoms with Gasteiger partial charge in [-0.2, -0.15) is 9.36 Å². The number of thioether (sulfide) groups is 1. The van der Waals surface area contributed by atoms with Crippen molar-refractivity contribution >= 4 is 57.9 Å². The minimum atomic E-state index is -1.53. The number of rotatable bonds is 8. The predicted octanol–water partition coefficient (Wildman–Crippen LogP) is -2.44. The van der Waals surface area contributed by atoms with Gasteiger partial charge in [0.2, 0.25) is 11.5 Å². The van der Waals surface area contributed by atoms with Crippen LogP contribution in [0.15, 0.2) is 41.0 Å². The van der Waals surface area contributed by atoms with E-state index in [1.165, 1.54) is 43.4 Å². The Morgan fingerprint density at radius 3 is 2.69 bits per heavy atom. The number of β-lactam (4-membered cyclic amide) rings is 1. The second kappa shape index (κ2) is 9.67. The molecule has 35 heavy (non-hydrogen) atoms. The van der Waals surface area contributed by atoms with Gasteiger partial charge in [-0.15, -0.1) is 11.8 Å². The molecule has 0 bridgehead atoms. The monoisotopic (exact) mass is 519 g/mol. The average molecular weight is 520 g/mol. The number of anilines is 1. The summed E-state index contributed by atoms with van der Waals surface area (Å²) in [6, 6.07) is 1.74. The highest BCUT2D eigenvalue weighted by atomic mass is 32.2. The van der Waals surface area contributed by atoms with Crippen LogP contribution in [-0.2, 0) is 25.8 Å². The maximum atomic E-state index is 12.9. The lowest BCUT2D eigenvalue weighted by Crippen LogP contribution is -2.71. The van der Waals surface area contributed by atoms with E-state index in [9.17, 15) is 24.3 Å². The Bertz CT molecular complexity index is 1270. The van der Waals surface area contributed by atoms with Gasteiger partial charge < -0.3 is 30.9 Å². The molecule has 2 aliphatic heterocycles. The van der Waals surface area contributed by atoms with E-state index in [2.05, 4.69) is 24.7 Å². The van der Waals surface area contributed by atoms with Gasteiger partial charge in [-0.3, -0.25) is 14.5 Å². The number of carboxylic acid groups (broad SMARTS) is 2. The summed E-state index contributed by atoms with van der Waals surface area (Å²) in [4.78, 5) is 58.2. The number of hydrogen-bond acceptors (Lipinski definition) is 12. The molecule has 0 saturated carbocycles. The van der Waals surface area contributed by atoms with Crippen LogP contribution in [0.1, 0.15) is 16.2 Å². The first-order valence-corrected chi connectivity index (χ1v) is 11.7. The number of pyridine rings is 1. The Labute approximate surface area is 205 Å². The molecule has 182 valence electrons. The summed E-state index contributed by atoms with van der Waals surface area (Å²) in [6.45, 7) is 0.102. The first kappa shape index (κ1) is 24.1. The van der Waals surface area contributed by atoms with Crippen LogP contribution in [0.2, 0.25) is 0 Å². The van der Waals surface area contributed by atoms with E-state index < -0.39 is 35.2 Å². The topological polar surface area (TPSA) is 204 Å². The standard InChI is InChI=1S/C19H17N7O7S2/c1-33-23-10(13-22-19(20)35-24-13)14(27)21-11-15(28)26-12(18(31)32)9(7-34-16(11)26)6-25-4-2-8(3-5-25)17(29)30/h2-5,11,16H,6-7H2,1H3,(H4-,20,21,22,24,27,29,30,31,32)/b23-10-/t11-,16+/m1/s1. The van der Waals surface area contributed by atoms with Crippen LogP contribution in [0.25, 0.3) is 0 Å². The second-order valence-corrected chi connectivity index (χ2v) is 9.13. The number of amides is 2. The number of hydrogen-bond donors (Lipinski definition) is 3. The molecule has 4 heterocycles. The fourth-order valence-electron chi connectivity index (χ4n) is 3.54. The van der Waals surface area contributed by atoms with Gasteiger partial charge in [0.25, 0.3) is 11.8 Å². The number of nitrogen functional groups attached to an aromatic ring is 1. The molecule has 0 spiro atoms. The van der Waals surface area contributed by atoms with Crippen molar-refractivity contribution in [2.75, 3.05) is 18.6 Å². The lowest BCUT2D eigenvalue weighted by atomic mass is 10.0. The van der Waals surface area contributed by atoms with Crippen molar-refractivity contribution < 1.29 is 38.8 Å². The Kier molecular flexibility index (Phi) is 6.65. The number of aliphatic carboxylic acids is 1. The van der Waals surface area contributed by atoms with Crippen LogP contribution in [0.5, 0.6) is 0 Å². The largest absolute Gasteiger partial charge is 0.543 e. The lowest BCUT2D eigenvalue weighted by molar-refractivity contribution is -0.689. The number of aromatic carboxylic acids is 1. The molecule has 2 atom stereocenters. The minimum absolute atomic E-state index is 0.0738. The number of nitrogens with one attached hydrogen (secondary N) is 1. The van der Waals surface area contributed by atoms with Crippen LogP contribution in [0.4, 0.5) is 5.13 Å². The van der Waals surface area contributed by atoms with E-state index in [-0.39, 0.29) is 40.2 Å². The molecule has 0 radical (unpaired) electrons. The van der Waals surface area contributed by atoms with Crippen molar-refractivity contribution in [1.82, 2.24) is 19.6 Å². The number of nitrogens with zero attached hydrogens (tertiary/aromatic N) is 5. The Morgan fingerprint density at radius 2 is 2.11 bits per heavy atom. The zero-order chi connectivity index (χ0) is 25.3. The zero-order valence-electron chi connectivity index (χ0n) is 17.9. The van der Waals surface area contributed by atoms with Gasteiger partial charge >= 0.3 is 5.97 Å². The molecule has 0 unspecified atom stereocenters. The number of nitrogens with two attached hydrogens (primary N) is 1. The van der Waals surface area contributed by atoms with Gasteiger partial charge in [0, 0.05) is 35.0 Å². The molecule has 4 N–H and O–H groups in total. The zero-order valence-corrected chi connectivity index (χ0v) is 19.5. The number of carboxylic acids is 2. The van der Waals surface area contributed by atoms with Crippen molar-refractivity contribution in [2.24, 2.45) is 5.16 Å². The van der Waals surface area contributed by atoms with E-state index in [0.29, 0.717) is 5.57 Å². The molecular formula is C19H17N7O7S2.